The first-order valence-electron chi connectivity index (χ1n) is 4.58. The molecule has 0 saturated heterocycles. The predicted octanol–water partition coefficient (Wildman–Crippen LogP) is 2.89. The van der Waals surface area contributed by atoms with Gasteiger partial charge in [-0.25, -0.2) is 0 Å². The molecule has 0 bridgehead atoms. The van der Waals surface area contributed by atoms with Crippen LogP contribution in [0, 0.1) is 0 Å². The summed E-state index contributed by atoms with van der Waals surface area (Å²) >= 11 is 1.73. The van der Waals surface area contributed by atoms with Crippen LogP contribution < -0.4 is 11.0 Å². The predicted molar refractivity (Wildman–Crippen MR) is 63.5 cm³/mol. The van der Waals surface area contributed by atoms with Crippen LogP contribution in [0.5, 0.6) is 0 Å². The Hall–Kier alpha value is -1.36. The molecule has 0 aliphatic heterocycles. The minimum atomic E-state index is 0.975. The lowest BCUT2D eigenvalue weighted by Crippen LogP contribution is -2.19. The van der Waals surface area contributed by atoms with Crippen LogP contribution in [0.25, 0.3) is 10.4 Å². The summed E-state index contributed by atoms with van der Waals surface area (Å²) in [7, 11) is 1.57. The molecule has 0 spiro atoms. The Morgan fingerprint density at radius 3 is 2.87 bits per heavy atom. The molecular formula is C11H12N2OS. The lowest BCUT2D eigenvalue weighted by atomic mass is 10.2. The van der Waals surface area contributed by atoms with Gasteiger partial charge >= 0.3 is 0 Å². The van der Waals surface area contributed by atoms with E-state index in [4.69, 9.17) is 4.84 Å². The molecule has 2 N–H and O–H groups in total. The number of benzene rings is 1. The highest BCUT2D eigenvalue weighted by molar-refractivity contribution is 7.13. The van der Waals surface area contributed by atoms with Crippen molar-refractivity contribution >= 4 is 17.0 Å². The summed E-state index contributed by atoms with van der Waals surface area (Å²) in [4.78, 5) is 5.98. The van der Waals surface area contributed by atoms with E-state index in [0.29, 0.717) is 0 Å². The molecular weight excluding hydrogens is 208 g/mol. The van der Waals surface area contributed by atoms with Gasteiger partial charge in [0.05, 0.1) is 12.8 Å². The quantitative estimate of drug-likeness (QED) is 0.777. The molecule has 15 heavy (non-hydrogen) atoms. The molecule has 0 saturated carbocycles. The van der Waals surface area contributed by atoms with E-state index in [1.165, 1.54) is 10.4 Å². The van der Waals surface area contributed by atoms with Gasteiger partial charge in [0.15, 0.2) is 0 Å². The Morgan fingerprint density at radius 2 is 2.13 bits per heavy atom. The van der Waals surface area contributed by atoms with E-state index in [9.17, 15) is 0 Å². The molecule has 0 unspecified atom stereocenters. The van der Waals surface area contributed by atoms with Crippen LogP contribution in [-0.2, 0) is 4.84 Å². The van der Waals surface area contributed by atoms with E-state index in [1.54, 1.807) is 18.4 Å². The van der Waals surface area contributed by atoms with E-state index in [0.717, 1.165) is 5.69 Å². The number of hydrazine groups is 1. The molecule has 4 heteroatoms. The molecule has 0 aliphatic rings. The second-order valence-corrected chi connectivity index (χ2v) is 3.94. The molecule has 0 atom stereocenters. The largest absolute Gasteiger partial charge is 0.299 e. The van der Waals surface area contributed by atoms with Crippen LogP contribution in [0.15, 0.2) is 41.8 Å². The van der Waals surface area contributed by atoms with Gasteiger partial charge in [0.2, 0.25) is 0 Å². The number of thiophene rings is 1. The Bertz CT molecular complexity index is 414. The van der Waals surface area contributed by atoms with Crippen molar-refractivity contribution in [2.75, 3.05) is 12.5 Å². The summed E-state index contributed by atoms with van der Waals surface area (Å²) in [6.45, 7) is 0. The van der Waals surface area contributed by atoms with E-state index >= 15 is 0 Å². The first-order valence-corrected chi connectivity index (χ1v) is 5.46. The number of rotatable bonds is 4. The van der Waals surface area contributed by atoms with Crippen molar-refractivity contribution in [1.82, 2.24) is 5.59 Å². The maximum absolute atomic E-state index is 4.72. The highest BCUT2D eigenvalue weighted by Gasteiger charge is 1.99. The van der Waals surface area contributed by atoms with Gasteiger partial charge in [-0.1, -0.05) is 18.2 Å². The SMILES string of the molecule is CONNc1cccc(-c2cccs2)c1. The van der Waals surface area contributed by atoms with Crippen molar-refractivity contribution in [3.05, 3.63) is 41.8 Å². The summed E-state index contributed by atoms with van der Waals surface area (Å²) in [5, 5.41) is 2.07. The van der Waals surface area contributed by atoms with Crippen molar-refractivity contribution in [3.63, 3.8) is 0 Å². The van der Waals surface area contributed by atoms with Crippen LogP contribution in [0.4, 0.5) is 5.69 Å². The zero-order valence-electron chi connectivity index (χ0n) is 8.36. The fourth-order valence-corrected chi connectivity index (χ4v) is 2.03. The van der Waals surface area contributed by atoms with Gasteiger partial charge in [-0.15, -0.1) is 16.9 Å². The molecule has 2 rings (SSSR count). The summed E-state index contributed by atoms with van der Waals surface area (Å²) < 4.78 is 0. The van der Waals surface area contributed by atoms with E-state index in [-0.39, 0.29) is 0 Å². The molecule has 78 valence electrons. The molecule has 0 radical (unpaired) electrons. The summed E-state index contributed by atoms with van der Waals surface area (Å²) in [6, 6.07) is 12.3. The minimum absolute atomic E-state index is 0.975. The summed E-state index contributed by atoms with van der Waals surface area (Å²) in [5.41, 5.74) is 7.70. The van der Waals surface area contributed by atoms with E-state index in [2.05, 4.69) is 34.6 Å². The number of nitrogens with one attached hydrogen (secondary N) is 2. The monoisotopic (exact) mass is 220 g/mol. The fraction of sp³-hybridized carbons (Fsp3) is 0.0909. The molecule has 1 heterocycles. The molecule has 0 amide bonds. The van der Waals surface area contributed by atoms with Gasteiger partial charge in [-0.05, 0) is 29.1 Å². The van der Waals surface area contributed by atoms with Gasteiger partial charge in [0.1, 0.15) is 0 Å². The van der Waals surface area contributed by atoms with Gasteiger partial charge in [-0.3, -0.25) is 10.3 Å². The molecule has 1 aromatic carbocycles. The van der Waals surface area contributed by atoms with Gasteiger partial charge in [0, 0.05) is 4.88 Å². The summed E-state index contributed by atoms with van der Waals surface area (Å²) in [6.07, 6.45) is 0. The van der Waals surface area contributed by atoms with Crippen molar-refractivity contribution in [1.29, 1.82) is 0 Å². The second kappa shape index (κ2) is 4.93. The van der Waals surface area contributed by atoms with Crippen LogP contribution in [0.3, 0.4) is 0 Å². The van der Waals surface area contributed by atoms with Crippen LogP contribution in [-0.4, -0.2) is 7.11 Å². The van der Waals surface area contributed by atoms with E-state index in [1.807, 2.05) is 18.2 Å². The average Bonchev–Trinajstić information content (AvgIpc) is 2.80. The third-order valence-electron chi connectivity index (χ3n) is 1.97. The standard InChI is InChI=1S/C11H12N2OS/c1-14-13-12-10-5-2-4-9(8-10)11-6-3-7-15-11/h2-8,12-13H,1H3. The molecule has 3 nitrogen and oxygen atoms in total. The number of hydrogen-bond acceptors (Lipinski definition) is 4. The normalized spacial score (nSPS) is 10.2. The van der Waals surface area contributed by atoms with Gasteiger partial charge in [-0.2, -0.15) is 0 Å². The highest BCUT2D eigenvalue weighted by atomic mass is 32.1. The number of hydrogen-bond donors (Lipinski definition) is 2. The second-order valence-electron chi connectivity index (χ2n) is 2.99. The Labute approximate surface area is 92.6 Å². The maximum atomic E-state index is 4.72. The topological polar surface area (TPSA) is 33.3 Å². The average molecular weight is 220 g/mol. The molecule has 0 fully saturated rings. The van der Waals surface area contributed by atoms with Gasteiger partial charge < -0.3 is 0 Å². The van der Waals surface area contributed by atoms with E-state index < -0.39 is 0 Å². The maximum Gasteiger partial charge on any atom is 0.0593 e. The van der Waals surface area contributed by atoms with Crippen LogP contribution in [0.2, 0.25) is 0 Å². The van der Waals surface area contributed by atoms with Crippen molar-refractivity contribution in [3.8, 4) is 10.4 Å². The third kappa shape index (κ3) is 2.56. The van der Waals surface area contributed by atoms with Crippen LogP contribution in [0.1, 0.15) is 0 Å². The smallest absolute Gasteiger partial charge is 0.0593 e. The van der Waals surface area contributed by atoms with Crippen molar-refractivity contribution < 1.29 is 4.84 Å². The Balaban J connectivity index is 2.19. The zero-order valence-corrected chi connectivity index (χ0v) is 9.17. The van der Waals surface area contributed by atoms with Crippen LogP contribution >= 0.6 is 11.3 Å². The zero-order chi connectivity index (χ0) is 10.5. The Morgan fingerprint density at radius 1 is 1.20 bits per heavy atom. The third-order valence-corrected chi connectivity index (χ3v) is 2.88. The lowest BCUT2D eigenvalue weighted by Gasteiger charge is -2.06. The highest BCUT2D eigenvalue weighted by Crippen LogP contribution is 2.26. The first-order chi connectivity index (χ1) is 7.40. The molecule has 0 aliphatic carbocycles. The van der Waals surface area contributed by atoms with Crippen molar-refractivity contribution in [2.45, 2.75) is 0 Å². The molecule has 1 aromatic heterocycles. The van der Waals surface area contributed by atoms with Crippen molar-refractivity contribution in [2.24, 2.45) is 0 Å². The minimum Gasteiger partial charge on any atom is -0.299 e. The number of anilines is 1. The Kier molecular flexibility index (Phi) is 3.34. The fourth-order valence-electron chi connectivity index (χ4n) is 1.30. The summed E-state index contributed by atoms with van der Waals surface area (Å²) in [5.74, 6) is 0. The lowest BCUT2D eigenvalue weighted by molar-refractivity contribution is 0.111. The van der Waals surface area contributed by atoms with Gasteiger partial charge in [0.25, 0.3) is 0 Å². The first kappa shape index (κ1) is 10.2. The molecule has 2 aromatic rings.